The molecule has 31 heavy (non-hydrogen) atoms. The molecule has 0 aliphatic heterocycles. The number of nitrogens with one attached hydrogen (secondary N) is 1. The van der Waals surface area contributed by atoms with Crippen LogP contribution in [0.4, 0.5) is 14.7 Å². The molecule has 4 rings (SSSR count). The fraction of sp³-hybridized carbons (Fsp3) is 0.348. The molecule has 6 nitrogen and oxygen atoms in total. The molecule has 0 fully saturated rings. The molecule has 2 aromatic heterocycles. The van der Waals surface area contributed by atoms with Crippen molar-refractivity contribution < 1.29 is 8.78 Å². The van der Waals surface area contributed by atoms with Crippen LogP contribution in [0.15, 0.2) is 41.6 Å². The minimum absolute atomic E-state index is 0.0838. The lowest BCUT2D eigenvalue weighted by Crippen LogP contribution is -2.40. The van der Waals surface area contributed by atoms with Crippen LogP contribution in [-0.4, -0.2) is 26.9 Å². The van der Waals surface area contributed by atoms with E-state index in [1.165, 1.54) is 18.2 Å². The molecular weight excluding hydrogens is 398 g/mol. The number of benzene rings is 1. The molecule has 0 saturated carbocycles. The van der Waals surface area contributed by atoms with E-state index < -0.39 is 17.0 Å². The van der Waals surface area contributed by atoms with Crippen molar-refractivity contribution >= 4 is 12.7 Å². The third-order valence-electron chi connectivity index (χ3n) is 6.81. The van der Waals surface area contributed by atoms with Crippen molar-refractivity contribution in [2.45, 2.75) is 45.4 Å². The van der Waals surface area contributed by atoms with Gasteiger partial charge >= 0.3 is 0 Å². The summed E-state index contributed by atoms with van der Waals surface area (Å²) in [6.07, 6.45) is 2.48. The number of hydrazone groups is 1. The molecule has 0 spiro atoms. The number of halogens is 2. The summed E-state index contributed by atoms with van der Waals surface area (Å²) in [4.78, 5) is 8.82. The second kappa shape index (κ2) is 7.44. The van der Waals surface area contributed by atoms with Crippen LogP contribution in [0.2, 0.25) is 0 Å². The summed E-state index contributed by atoms with van der Waals surface area (Å²) in [7, 11) is 0. The topological polar surface area (TPSA) is 76.0 Å². The second-order valence-electron chi connectivity index (χ2n) is 8.47. The molecule has 1 N–H and O–H groups in total. The zero-order valence-electron chi connectivity index (χ0n) is 17.9. The third kappa shape index (κ3) is 3.00. The number of nitrogens with zero attached hydrogens (tertiary/aromatic N) is 5. The van der Waals surface area contributed by atoms with E-state index in [9.17, 15) is 8.78 Å². The Balaban J connectivity index is 1.94. The first kappa shape index (κ1) is 21.0. The Hall–Kier alpha value is -3.29. The van der Waals surface area contributed by atoms with Gasteiger partial charge in [0.25, 0.3) is 0 Å². The van der Waals surface area contributed by atoms with E-state index in [4.69, 9.17) is 0 Å². The van der Waals surface area contributed by atoms with Crippen molar-refractivity contribution in [1.29, 1.82) is 0 Å². The zero-order chi connectivity index (χ0) is 22.4. The molecule has 2 atom stereocenters. The summed E-state index contributed by atoms with van der Waals surface area (Å²) in [5.41, 5.74) is 4.23. The van der Waals surface area contributed by atoms with E-state index in [2.05, 4.69) is 65.1 Å². The molecule has 0 radical (unpaired) electrons. The number of fused-ring (bicyclic) bond motifs is 1. The summed E-state index contributed by atoms with van der Waals surface area (Å²) in [6, 6.07) is 7.41. The molecule has 160 valence electrons. The van der Waals surface area contributed by atoms with Gasteiger partial charge in [-0.25, -0.2) is 24.2 Å². The lowest BCUT2D eigenvalue weighted by atomic mass is 9.62. The summed E-state index contributed by atoms with van der Waals surface area (Å²) in [5, 5.41) is 12.4. The molecule has 0 unspecified atom stereocenters. The van der Waals surface area contributed by atoms with Crippen LogP contribution in [0.3, 0.4) is 0 Å². The van der Waals surface area contributed by atoms with Crippen LogP contribution >= 0.6 is 0 Å². The van der Waals surface area contributed by atoms with E-state index >= 15 is 0 Å². The van der Waals surface area contributed by atoms with Gasteiger partial charge < -0.3 is 0 Å². The number of anilines is 1. The van der Waals surface area contributed by atoms with Crippen molar-refractivity contribution in [2.75, 3.05) is 5.43 Å². The molecular formula is C23H24F2N6. The van der Waals surface area contributed by atoms with Crippen molar-refractivity contribution in [2.24, 2.45) is 10.5 Å². The van der Waals surface area contributed by atoms with Gasteiger partial charge in [0.05, 0.1) is 28.1 Å². The molecule has 0 bridgehead atoms. The number of hydrogen-bond acceptors (Lipinski definition) is 6. The van der Waals surface area contributed by atoms with Gasteiger partial charge in [0, 0.05) is 12.9 Å². The molecule has 3 aromatic rings. The van der Waals surface area contributed by atoms with E-state index in [0.717, 1.165) is 23.4 Å². The fourth-order valence-electron chi connectivity index (χ4n) is 4.91. The maximum atomic E-state index is 14.4. The van der Waals surface area contributed by atoms with Crippen LogP contribution in [0.5, 0.6) is 0 Å². The standard InChI is InChI=1S/C23H24F2N6/c1-6-14-13-12-17(19-15(24)8-7-9-16(19)25)29-30-20(13)23(4,22(14,2)3)18-10-11-27-21(28-18)31-26-5/h7-12,14H,5-6H2,1-4H3,(H,27,28,31)/t14-,23-/m0/s1. The minimum Gasteiger partial charge on any atom is -0.246 e. The van der Waals surface area contributed by atoms with Gasteiger partial charge in [0.1, 0.15) is 11.6 Å². The Bertz CT molecular complexity index is 1140. The Morgan fingerprint density at radius 3 is 2.48 bits per heavy atom. The molecule has 0 amide bonds. The Morgan fingerprint density at radius 1 is 1.13 bits per heavy atom. The fourth-order valence-corrected chi connectivity index (χ4v) is 4.91. The lowest BCUT2D eigenvalue weighted by Gasteiger charge is -2.41. The molecule has 1 aliphatic rings. The van der Waals surface area contributed by atoms with Crippen LogP contribution in [0.1, 0.15) is 57.0 Å². The Morgan fingerprint density at radius 2 is 1.84 bits per heavy atom. The van der Waals surface area contributed by atoms with Gasteiger partial charge in [-0.05, 0) is 54.5 Å². The second-order valence-corrected chi connectivity index (χ2v) is 8.47. The highest BCUT2D eigenvalue weighted by Gasteiger charge is 2.57. The van der Waals surface area contributed by atoms with Gasteiger partial charge in [-0.1, -0.05) is 26.8 Å². The van der Waals surface area contributed by atoms with Gasteiger partial charge in [-0.2, -0.15) is 10.2 Å². The maximum absolute atomic E-state index is 14.4. The number of rotatable bonds is 5. The highest BCUT2D eigenvalue weighted by Crippen LogP contribution is 2.61. The van der Waals surface area contributed by atoms with E-state index in [1.807, 2.05) is 6.07 Å². The predicted octanol–water partition coefficient (Wildman–Crippen LogP) is 5.08. The van der Waals surface area contributed by atoms with Crippen molar-refractivity contribution in [3.8, 4) is 11.3 Å². The molecule has 1 aliphatic carbocycles. The molecule has 0 saturated heterocycles. The Kier molecular flexibility index (Phi) is 5.03. The zero-order valence-corrected chi connectivity index (χ0v) is 17.9. The average Bonchev–Trinajstić information content (AvgIpc) is 2.91. The van der Waals surface area contributed by atoms with Crippen molar-refractivity contribution in [3.63, 3.8) is 0 Å². The highest BCUT2D eigenvalue weighted by molar-refractivity contribution is 5.63. The molecule has 2 heterocycles. The lowest BCUT2D eigenvalue weighted by molar-refractivity contribution is 0.189. The predicted molar refractivity (Wildman–Crippen MR) is 116 cm³/mol. The summed E-state index contributed by atoms with van der Waals surface area (Å²) < 4.78 is 28.8. The van der Waals surface area contributed by atoms with Gasteiger partial charge in [-0.3, -0.25) is 0 Å². The third-order valence-corrected chi connectivity index (χ3v) is 6.81. The van der Waals surface area contributed by atoms with E-state index in [-0.39, 0.29) is 22.6 Å². The van der Waals surface area contributed by atoms with Crippen molar-refractivity contribution in [3.05, 3.63) is 65.1 Å². The largest absolute Gasteiger partial charge is 0.246 e. The van der Waals surface area contributed by atoms with E-state index in [1.54, 1.807) is 12.3 Å². The first-order valence-electron chi connectivity index (χ1n) is 10.1. The van der Waals surface area contributed by atoms with Crippen LogP contribution in [-0.2, 0) is 5.41 Å². The van der Waals surface area contributed by atoms with E-state index in [0.29, 0.717) is 5.95 Å². The Labute approximate surface area is 179 Å². The van der Waals surface area contributed by atoms with Gasteiger partial charge in [0.2, 0.25) is 5.95 Å². The smallest absolute Gasteiger partial charge is 0.243 e. The summed E-state index contributed by atoms with van der Waals surface area (Å²) in [6.45, 7) is 11.9. The monoisotopic (exact) mass is 422 g/mol. The maximum Gasteiger partial charge on any atom is 0.243 e. The molecule has 8 heteroatoms. The highest BCUT2D eigenvalue weighted by atomic mass is 19.1. The normalized spacial score (nSPS) is 21.5. The molecule has 1 aromatic carbocycles. The first-order chi connectivity index (χ1) is 14.8. The first-order valence-corrected chi connectivity index (χ1v) is 10.1. The number of hydrogen-bond donors (Lipinski definition) is 1. The SMILES string of the molecule is C=NNc1nccc([C@@]2(C)c3nnc(-c4c(F)cccc4F)cc3[C@H](CC)C2(C)C)n1. The van der Waals surface area contributed by atoms with Crippen LogP contribution < -0.4 is 5.43 Å². The quantitative estimate of drug-likeness (QED) is 0.458. The summed E-state index contributed by atoms with van der Waals surface area (Å²) in [5.74, 6) is -0.902. The van der Waals surface area contributed by atoms with Crippen LogP contribution in [0.25, 0.3) is 11.3 Å². The van der Waals surface area contributed by atoms with Gasteiger partial charge in [-0.15, -0.1) is 5.10 Å². The van der Waals surface area contributed by atoms with Crippen LogP contribution in [0, 0.1) is 17.0 Å². The van der Waals surface area contributed by atoms with Crippen molar-refractivity contribution in [1.82, 2.24) is 20.2 Å². The summed E-state index contributed by atoms with van der Waals surface area (Å²) >= 11 is 0. The minimum atomic E-state index is -0.661. The van der Waals surface area contributed by atoms with Gasteiger partial charge in [0.15, 0.2) is 0 Å². The average molecular weight is 422 g/mol. The number of aromatic nitrogens is 4.